The average molecular weight is 747 g/mol. The molecule has 272 valence electrons. The smallest absolute Gasteiger partial charge is 0.161 e. The third kappa shape index (κ3) is 4.35. The maximum atomic E-state index is 5.56. The highest BCUT2D eigenvalue weighted by Crippen LogP contribution is 2.67. The molecule has 0 amide bonds. The molecule has 1 spiro atoms. The molecule has 0 saturated heterocycles. The van der Waals surface area contributed by atoms with Crippen molar-refractivity contribution in [3.63, 3.8) is 0 Å². The fourth-order valence-corrected chi connectivity index (χ4v) is 10.7. The van der Waals surface area contributed by atoms with E-state index < -0.39 is 5.41 Å². The summed E-state index contributed by atoms with van der Waals surface area (Å²) in [6.45, 7) is 0. The number of aromatic nitrogens is 2. The summed E-state index contributed by atoms with van der Waals surface area (Å²) < 4.78 is 0. The Morgan fingerprint density at radius 1 is 0.305 bits per heavy atom. The van der Waals surface area contributed by atoms with E-state index in [1.165, 1.54) is 82.6 Å². The highest BCUT2D eigenvalue weighted by molar-refractivity contribution is 6.24. The Morgan fingerprint density at radius 2 is 0.797 bits per heavy atom. The van der Waals surface area contributed by atoms with Gasteiger partial charge in [-0.25, -0.2) is 9.97 Å². The van der Waals surface area contributed by atoms with Gasteiger partial charge < -0.3 is 0 Å². The summed E-state index contributed by atoms with van der Waals surface area (Å²) >= 11 is 0. The van der Waals surface area contributed by atoms with Gasteiger partial charge in [-0.2, -0.15) is 0 Å². The van der Waals surface area contributed by atoms with Crippen LogP contribution >= 0.6 is 0 Å². The topological polar surface area (TPSA) is 25.8 Å². The minimum atomic E-state index is -0.576. The second kappa shape index (κ2) is 12.2. The molecular formula is C57H34N2. The zero-order valence-corrected chi connectivity index (χ0v) is 32.0. The molecule has 0 fully saturated rings. The molecule has 11 aromatic rings. The number of nitrogens with zero attached hydrogens (tertiary/aromatic N) is 2. The predicted molar refractivity (Wildman–Crippen MR) is 245 cm³/mol. The normalized spacial score (nSPS) is 13.2. The lowest BCUT2D eigenvalue weighted by molar-refractivity contribution is 0.802. The number of hydrogen-bond donors (Lipinski definition) is 0. The van der Waals surface area contributed by atoms with Crippen LogP contribution in [-0.2, 0) is 5.41 Å². The lowest BCUT2D eigenvalue weighted by Crippen LogP contribution is -2.26. The van der Waals surface area contributed by atoms with Gasteiger partial charge in [0.1, 0.15) is 0 Å². The summed E-state index contributed by atoms with van der Waals surface area (Å²) in [5, 5.41) is 8.52. The van der Waals surface area contributed by atoms with Gasteiger partial charge >= 0.3 is 0 Å². The molecule has 13 rings (SSSR count). The van der Waals surface area contributed by atoms with E-state index in [0.29, 0.717) is 0 Å². The maximum Gasteiger partial charge on any atom is 0.161 e. The molecule has 0 atom stereocenters. The molecule has 0 unspecified atom stereocenters. The Morgan fingerprint density at radius 3 is 1.49 bits per heavy atom. The van der Waals surface area contributed by atoms with Crippen LogP contribution < -0.4 is 0 Å². The molecule has 1 aromatic heterocycles. The van der Waals surface area contributed by atoms with Crippen molar-refractivity contribution in [2.45, 2.75) is 5.41 Å². The Balaban J connectivity index is 1.17. The van der Waals surface area contributed by atoms with E-state index in [4.69, 9.17) is 9.97 Å². The highest BCUT2D eigenvalue weighted by atomic mass is 14.9. The van der Waals surface area contributed by atoms with Gasteiger partial charge in [0.15, 0.2) is 5.82 Å². The molecule has 1 heterocycles. The Labute approximate surface area is 341 Å². The quantitative estimate of drug-likeness (QED) is 0.168. The van der Waals surface area contributed by atoms with Crippen LogP contribution in [0.25, 0.3) is 99.2 Å². The lowest BCUT2D eigenvalue weighted by atomic mass is 9.68. The number of fused-ring (bicyclic) bond motifs is 18. The first kappa shape index (κ1) is 32.4. The monoisotopic (exact) mass is 746 g/mol. The maximum absolute atomic E-state index is 5.56. The summed E-state index contributed by atoms with van der Waals surface area (Å²) in [4.78, 5) is 11.0. The molecular weight excluding hydrogens is 713 g/mol. The van der Waals surface area contributed by atoms with Crippen LogP contribution in [0.3, 0.4) is 0 Å². The van der Waals surface area contributed by atoms with E-state index in [-0.39, 0.29) is 0 Å². The first-order valence-electron chi connectivity index (χ1n) is 20.4. The van der Waals surface area contributed by atoms with Gasteiger partial charge in [0.25, 0.3) is 0 Å². The van der Waals surface area contributed by atoms with Gasteiger partial charge in [-0.1, -0.05) is 194 Å². The summed E-state index contributed by atoms with van der Waals surface area (Å²) in [6, 6.07) is 75.5. The highest BCUT2D eigenvalue weighted by Gasteiger charge is 2.53. The summed E-state index contributed by atoms with van der Waals surface area (Å²) in [5.41, 5.74) is 16.2. The number of benzene rings is 10. The van der Waals surface area contributed by atoms with Crippen molar-refractivity contribution in [2.24, 2.45) is 0 Å². The molecule has 0 aliphatic heterocycles. The number of hydrogen-bond acceptors (Lipinski definition) is 2. The third-order valence-electron chi connectivity index (χ3n) is 13.1. The second-order valence-corrected chi connectivity index (χ2v) is 15.9. The van der Waals surface area contributed by atoms with Crippen LogP contribution in [0.15, 0.2) is 206 Å². The van der Waals surface area contributed by atoms with Crippen molar-refractivity contribution >= 4 is 43.2 Å². The van der Waals surface area contributed by atoms with Crippen molar-refractivity contribution in [1.29, 1.82) is 0 Å². The minimum absolute atomic E-state index is 0.576. The largest absolute Gasteiger partial charge is 0.228 e. The zero-order chi connectivity index (χ0) is 38.7. The van der Waals surface area contributed by atoms with Crippen LogP contribution in [0.4, 0.5) is 0 Å². The van der Waals surface area contributed by atoms with E-state index in [9.17, 15) is 0 Å². The van der Waals surface area contributed by atoms with Crippen molar-refractivity contribution in [3.05, 3.63) is 229 Å². The SMILES string of the molecule is c1ccc(-c2ccc(-c3nc(-c4cc5c(c6ccccc46)-c4c(c6ccccc6c6ccccc46)C54c5ccccc5-c5ccccc54)nc4ccccc34)cc2)cc1. The number of para-hydroxylation sites is 1. The van der Waals surface area contributed by atoms with Crippen molar-refractivity contribution in [1.82, 2.24) is 9.97 Å². The Hall–Kier alpha value is -7.68. The fourth-order valence-electron chi connectivity index (χ4n) is 10.7. The van der Waals surface area contributed by atoms with Crippen LogP contribution in [-0.4, -0.2) is 9.97 Å². The third-order valence-corrected chi connectivity index (χ3v) is 13.1. The Kier molecular flexibility index (Phi) is 6.68. The van der Waals surface area contributed by atoms with Gasteiger partial charge in [-0.15, -0.1) is 0 Å². The summed E-state index contributed by atoms with van der Waals surface area (Å²) in [5.74, 6) is 0.727. The molecule has 2 nitrogen and oxygen atoms in total. The molecule has 0 saturated carbocycles. The van der Waals surface area contributed by atoms with Crippen molar-refractivity contribution in [3.8, 4) is 56.0 Å². The first-order chi connectivity index (χ1) is 29.3. The van der Waals surface area contributed by atoms with Crippen molar-refractivity contribution in [2.75, 3.05) is 0 Å². The van der Waals surface area contributed by atoms with Gasteiger partial charge in [-0.05, 0) is 100 Å². The van der Waals surface area contributed by atoms with Gasteiger partial charge in [0, 0.05) is 16.5 Å². The molecule has 10 aromatic carbocycles. The van der Waals surface area contributed by atoms with Gasteiger partial charge in [0.05, 0.1) is 16.6 Å². The van der Waals surface area contributed by atoms with Crippen LogP contribution in [0.1, 0.15) is 22.3 Å². The van der Waals surface area contributed by atoms with E-state index in [0.717, 1.165) is 38.9 Å². The first-order valence-corrected chi connectivity index (χ1v) is 20.4. The van der Waals surface area contributed by atoms with Crippen molar-refractivity contribution < 1.29 is 0 Å². The molecule has 2 aliphatic rings. The fraction of sp³-hybridized carbons (Fsp3) is 0.0175. The molecule has 59 heavy (non-hydrogen) atoms. The second-order valence-electron chi connectivity index (χ2n) is 15.9. The molecule has 2 aliphatic carbocycles. The summed E-state index contributed by atoms with van der Waals surface area (Å²) in [7, 11) is 0. The van der Waals surface area contributed by atoms with Crippen LogP contribution in [0, 0.1) is 0 Å². The predicted octanol–water partition coefficient (Wildman–Crippen LogP) is 14.4. The zero-order valence-electron chi connectivity index (χ0n) is 32.0. The lowest BCUT2D eigenvalue weighted by Gasteiger charge is -2.32. The number of rotatable bonds is 3. The van der Waals surface area contributed by atoms with E-state index in [1.54, 1.807) is 0 Å². The van der Waals surface area contributed by atoms with E-state index in [1.807, 2.05) is 0 Å². The minimum Gasteiger partial charge on any atom is -0.228 e. The molecule has 2 heteroatoms. The molecule has 0 N–H and O–H groups in total. The molecule has 0 bridgehead atoms. The Bertz CT molecular complexity index is 3500. The van der Waals surface area contributed by atoms with Gasteiger partial charge in [-0.3, -0.25) is 0 Å². The molecule has 0 radical (unpaired) electrons. The standard InChI is InChI=1S/C57H34N2/c1-2-16-35(17-3-1)36-30-32-37(33-31-36)55-46-26-12-15-29-51(46)58-56(59-55)47-34-50-52(43-23-7-5-20-40(43)47)53-44-24-8-4-18-38(44)39-19-6-9-25-45(39)54(53)57(50)48-27-13-10-21-41(48)42-22-11-14-28-49(42)57/h1-34H. The van der Waals surface area contributed by atoms with Crippen LogP contribution in [0.2, 0.25) is 0 Å². The van der Waals surface area contributed by atoms with E-state index in [2.05, 4.69) is 206 Å². The van der Waals surface area contributed by atoms with Gasteiger partial charge in [0.2, 0.25) is 0 Å². The summed E-state index contributed by atoms with van der Waals surface area (Å²) in [6.07, 6.45) is 0. The van der Waals surface area contributed by atoms with Crippen LogP contribution in [0.5, 0.6) is 0 Å². The average Bonchev–Trinajstić information content (AvgIpc) is 3.79. The van der Waals surface area contributed by atoms with E-state index >= 15 is 0 Å².